The van der Waals surface area contributed by atoms with Gasteiger partial charge in [-0.3, -0.25) is 0 Å². The largest absolute Gasteiger partial charge is 0.491 e. The molecule has 1 unspecified atom stereocenters. The van der Waals surface area contributed by atoms with Gasteiger partial charge < -0.3 is 24.8 Å². The van der Waals surface area contributed by atoms with Gasteiger partial charge in [-0.1, -0.05) is 37.8 Å². The molecule has 0 radical (unpaired) electrons. The zero-order valence-corrected chi connectivity index (χ0v) is 19.3. The lowest BCUT2D eigenvalue weighted by Gasteiger charge is -2.28. The van der Waals surface area contributed by atoms with E-state index in [1.54, 1.807) is 0 Å². The van der Waals surface area contributed by atoms with E-state index < -0.39 is 6.10 Å². The molecule has 2 N–H and O–H groups in total. The number of morpholine rings is 1. The summed E-state index contributed by atoms with van der Waals surface area (Å²) in [4.78, 5) is 12.3. The minimum atomic E-state index is -0.546. The van der Waals surface area contributed by atoms with Crippen LogP contribution in [0.3, 0.4) is 0 Å². The number of aromatic nitrogens is 2. The molecule has 2 fully saturated rings. The lowest BCUT2D eigenvalue weighted by molar-refractivity contribution is 0.108. The Morgan fingerprint density at radius 2 is 2.00 bits per heavy atom. The topological polar surface area (TPSA) is 79.7 Å². The Kier molecular flexibility index (Phi) is 7.95. The van der Waals surface area contributed by atoms with E-state index in [1.807, 2.05) is 25.2 Å². The number of hydrogen-bond donors (Lipinski definition) is 2. The van der Waals surface area contributed by atoms with Gasteiger partial charge in [-0.2, -0.15) is 0 Å². The van der Waals surface area contributed by atoms with Crippen molar-refractivity contribution < 1.29 is 14.6 Å². The van der Waals surface area contributed by atoms with E-state index in [1.165, 1.54) is 31.4 Å². The van der Waals surface area contributed by atoms with Crippen molar-refractivity contribution in [3.05, 3.63) is 35.5 Å². The normalized spacial score (nSPS) is 18.2. The zero-order valence-electron chi connectivity index (χ0n) is 19.3. The molecule has 32 heavy (non-hydrogen) atoms. The molecule has 0 amide bonds. The Hall–Kier alpha value is -2.22. The predicted molar refractivity (Wildman–Crippen MR) is 126 cm³/mol. The second-order valence-electron chi connectivity index (χ2n) is 8.95. The first kappa shape index (κ1) is 23.0. The van der Waals surface area contributed by atoms with E-state index in [0.29, 0.717) is 19.8 Å². The molecule has 0 spiro atoms. The first-order valence-corrected chi connectivity index (χ1v) is 11.9. The minimum absolute atomic E-state index is 0.249. The van der Waals surface area contributed by atoms with E-state index in [2.05, 4.69) is 23.2 Å². The molecule has 7 heteroatoms. The lowest BCUT2D eigenvalue weighted by atomic mass is 9.96. The molecule has 174 valence electrons. The SMILES string of the molecule is CNCC(O)COc1cccc(-c2nc(N3CCOCC3)nc(CC3CCCC3)c2C)c1. The van der Waals surface area contributed by atoms with E-state index in [4.69, 9.17) is 19.4 Å². The number of rotatable bonds is 9. The van der Waals surface area contributed by atoms with Crippen LogP contribution < -0.4 is 15.0 Å². The van der Waals surface area contributed by atoms with Crippen LogP contribution in [-0.2, 0) is 11.2 Å². The fourth-order valence-electron chi connectivity index (χ4n) is 4.64. The fourth-order valence-corrected chi connectivity index (χ4v) is 4.64. The molecule has 7 nitrogen and oxygen atoms in total. The molecular formula is C25H36N4O3. The maximum absolute atomic E-state index is 9.97. The molecular weight excluding hydrogens is 404 g/mol. The van der Waals surface area contributed by atoms with Gasteiger partial charge in [-0.25, -0.2) is 9.97 Å². The number of aliphatic hydroxyl groups excluding tert-OH is 1. The molecule has 1 saturated carbocycles. The summed E-state index contributed by atoms with van der Waals surface area (Å²) in [6.07, 6.45) is 5.72. The Balaban J connectivity index is 1.63. The van der Waals surface area contributed by atoms with Gasteiger partial charge >= 0.3 is 0 Å². The fraction of sp³-hybridized carbons (Fsp3) is 0.600. The van der Waals surface area contributed by atoms with Crippen LogP contribution in [0.25, 0.3) is 11.3 Å². The van der Waals surface area contributed by atoms with Crippen LogP contribution in [0, 0.1) is 12.8 Å². The monoisotopic (exact) mass is 440 g/mol. The molecule has 0 bridgehead atoms. The Labute approximate surface area is 191 Å². The number of benzene rings is 1. The summed E-state index contributed by atoms with van der Waals surface area (Å²) in [6.45, 7) is 5.95. The molecule has 1 saturated heterocycles. The molecule has 2 heterocycles. The zero-order chi connectivity index (χ0) is 22.3. The van der Waals surface area contributed by atoms with Gasteiger partial charge in [0.05, 0.1) is 18.9 Å². The van der Waals surface area contributed by atoms with Crippen molar-refractivity contribution in [1.29, 1.82) is 0 Å². The Morgan fingerprint density at radius 3 is 2.75 bits per heavy atom. The van der Waals surface area contributed by atoms with Gasteiger partial charge in [0, 0.05) is 30.9 Å². The summed E-state index contributed by atoms with van der Waals surface area (Å²) in [5.41, 5.74) is 4.31. The van der Waals surface area contributed by atoms with Crippen LogP contribution >= 0.6 is 0 Å². The Bertz CT molecular complexity index is 879. The van der Waals surface area contributed by atoms with Crippen molar-refractivity contribution in [2.24, 2.45) is 5.92 Å². The van der Waals surface area contributed by atoms with E-state index in [-0.39, 0.29) is 6.61 Å². The number of anilines is 1. The van der Waals surface area contributed by atoms with Crippen LogP contribution in [0.1, 0.15) is 36.9 Å². The summed E-state index contributed by atoms with van der Waals surface area (Å²) < 4.78 is 11.4. The maximum atomic E-state index is 9.97. The third kappa shape index (κ3) is 5.77. The molecule has 1 aromatic carbocycles. The average Bonchev–Trinajstić information content (AvgIpc) is 3.33. The van der Waals surface area contributed by atoms with Crippen molar-refractivity contribution in [3.8, 4) is 17.0 Å². The van der Waals surface area contributed by atoms with Gasteiger partial charge in [-0.15, -0.1) is 0 Å². The van der Waals surface area contributed by atoms with Gasteiger partial charge in [0.1, 0.15) is 18.5 Å². The summed E-state index contributed by atoms with van der Waals surface area (Å²) >= 11 is 0. The van der Waals surface area contributed by atoms with Crippen LogP contribution in [0.4, 0.5) is 5.95 Å². The number of ether oxygens (including phenoxy) is 2. The molecule has 1 atom stereocenters. The molecule has 1 aliphatic heterocycles. The van der Waals surface area contributed by atoms with Gasteiger partial charge in [0.2, 0.25) is 5.95 Å². The predicted octanol–water partition coefficient (Wildman–Crippen LogP) is 2.98. The number of likely N-dealkylation sites (N-methyl/N-ethyl adjacent to an activating group) is 1. The second kappa shape index (κ2) is 11.1. The van der Waals surface area contributed by atoms with Crippen molar-refractivity contribution in [2.45, 2.75) is 45.1 Å². The second-order valence-corrected chi connectivity index (χ2v) is 8.95. The summed E-state index contributed by atoms with van der Waals surface area (Å²) in [5, 5.41) is 12.9. The van der Waals surface area contributed by atoms with Gasteiger partial charge in [0.15, 0.2) is 0 Å². The first-order valence-electron chi connectivity index (χ1n) is 11.9. The highest BCUT2D eigenvalue weighted by molar-refractivity contribution is 5.67. The maximum Gasteiger partial charge on any atom is 0.226 e. The number of nitrogens with one attached hydrogen (secondary N) is 1. The lowest BCUT2D eigenvalue weighted by Crippen LogP contribution is -2.37. The van der Waals surface area contributed by atoms with Crippen molar-refractivity contribution >= 4 is 5.95 Å². The van der Waals surface area contributed by atoms with E-state index >= 15 is 0 Å². The highest BCUT2D eigenvalue weighted by Gasteiger charge is 2.22. The molecule has 1 aliphatic carbocycles. The number of aliphatic hydroxyl groups is 1. The van der Waals surface area contributed by atoms with E-state index in [0.717, 1.165) is 53.9 Å². The molecule has 1 aromatic heterocycles. The molecule has 4 rings (SSSR count). The van der Waals surface area contributed by atoms with Crippen molar-refractivity contribution in [3.63, 3.8) is 0 Å². The standard InChI is InChI=1S/C25H36N4O3/c1-18-23(14-19-6-3-4-7-19)27-25(29-10-12-31-13-11-29)28-24(18)20-8-5-9-22(15-20)32-17-21(30)16-26-2/h5,8-9,15,19,21,26,30H,3-4,6-7,10-14,16-17H2,1-2H3. The number of nitrogens with zero attached hydrogens (tertiary/aromatic N) is 3. The highest BCUT2D eigenvalue weighted by Crippen LogP contribution is 2.33. The molecule has 2 aromatic rings. The smallest absolute Gasteiger partial charge is 0.226 e. The van der Waals surface area contributed by atoms with Gasteiger partial charge in [-0.05, 0) is 44.0 Å². The van der Waals surface area contributed by atoms with E-state index in [9.17, 15) is 5.11 Å². The summed E-state index contributed by atoms with van der Waals surface area (Å²) in [7, 11) is 1.82. The van der Waals surface area contributed by atoms with Crippen LogP contribution in [0.2, 0.25) is 0 Å². The van der Waals surface area contributed by atoms with Gasteiger partial charge in [0.25, 0.3) is 0 Å². The van der Waals surface area contributed by atoms with Crippen LogP contribution in [0.5, 0.6) is 5.75 Å². The summed E-state index contributed by atoms with van der Waals surface area (Å²) in [5.74, 6) is 2.26. The van der Waals surface area contributed by atoms with Crippen molar-refractivity contribution in [1.82, 2.24) is 15.3 Å². The third-order valence-corrected chi connectivity index (χ3v) is 6.48. The minimum Gasteiger partial charge on any atom is -0.491 e. The van der Waals surface area contributed by atoms with Crippen LogP contribution in [-0.4, -0.2) is 67.7 Å². The average molecular weight is 441 g/mol. The summed E-state index contributed by atoms with van der Waals surface area (Å²) in [6, 6.07) is 8.01. The third-order valence-electron chi connectivity index (χ3n) is 6.48. The quantitative estimate of drug-likeness (QED) is 0.621. The highest BCUT2D eigenvalue weighted by atomic mass is 16.5. The van der Waals surface area contributed by atoms with Crippen LogP contribution in [0.15, 0.2) is 24.3 Å². The Morgan fingerprint density at radius 1 is 1.22 bits per heavy atom. The number of hydrogen-bond acceptors (Lipinski definition) is 7. The van der Waals surface area contributed by atoms with Crippen molar-refractivity contribution in [2.75, 3.05) is 51.4 Å². The molecule has 2 aliphatic rings. The first-order chi connectivity index (χ1) is 15.6.